The van der Waals surface area contributed by atoms with E-state index < -0.39 is 5.60 Å². The SMILES string of the molecule is C[C@@H]1CN(N(C(=O)c2cncnc2[C@H]2CCCO2)C2C3CC4CC2CC(O)(C4)C3)C[C@H](C)O1. The lowest BCUT2D eigenvalue weighted by molar-refractivity contribution is -0.204. The second-order valence-corrected chi connectivity index (χ2v) is 11.3. The molecule has 2 saturated heterocycles. The highest BCUT2D eigenvalue weighted by atomic mass is 16.5. The van der Waals surface area contributed by atoms with Crippen LogP contribution in [-0.4, -0.2) is 74.5 Å². The molecular weight excluding hydrogens is 420 g/mol. The highest BCUT2D eigenvalue weighted by Crippen LogP contribution is 2.57. The van der Waals surface area contributed by atoms with Gasteiger partial charge in [-0.3, -0.25) is 9.80 Å². The van der Waals surface area contributed by atoms with Crippen LogP contribution in [0.1, 0.15) is 80.9 Å². The fourth-order valence-corrected chi connectivity index (χ4v) is 7.81. The van der Waals surface area contributed by atoms with Crippen LogP contribution in [0.3, 0.4) is 0 Å². The summed E-state index contributed by atoms with van der Waals surface area (Å²) >= 11 is 0. The topological polar surface area (TPSA) is 88.0 Å². The third-order valence-electron chi connectivity index (χ3n) is 8.59. The molecule has 180 valence electrons. The molecule has 3 heterocycles. The minimum Gasteiger partial charge on any atom is -0.390 e. The predicted octanol–water partition coefficient (Wildman–Crippen LogP) is 2.73. The molecule has 4 aliphatic carbocycles. The summed E-state index contributed by atoms with van der Waals surface area (Å²) < 4.78 is 11.9. The van der Waals surface area contributed by atoms with E-state index in [1.165, 1.54) is 6.33 Å². The van der Waals surface area contributed by atoms with Crippen LogP contribution in [0.15, 0.2) is 12.5 Å². The maximum Gasteiger partial charge on any atom is 0.271 e. The van der Waals surface area contributed by atoms with Gasteiger partial charge in [-0.1, -0.05) is 0 Å². The molecule has 1 amide bonds. The average Bonchev–Trinajstić information content (AvgIpc) is 3.29. The fraction of sp³-hybridized carbons (Fsp3) is 0.800. The minimum atomic E-state index is -0.536. The molecule has 6 aliphatic rings. The molecule has 5 atom stereocenters. The number of hydrogen-bond donors (Lipinski definition) is 1. The molecule has 2 aliphatic heterocycles. The summed E-state index contributed by atoms with van der Waals surface area (Å²) in [5.41, 5.74) is 0.740. The first-order valence-corrected chi connectivity index (χ1v) is 12.8. The molecule has 8 nitrogen and oxygen atoms in total. The van der Waals surface area contributed by atoms with Crippen LogP contribution >= 0.6 is 0 Å². The molecule has 1 aromatic rings. The van der Waals surface area contributed by atoms with E-state index in [0.29, 0.717) is 48.7 Å². The van der Waals surface area contributed by atoms with Crippen molar-refractivity contribution in [3.63, 3.8) is 0 Å². The highest BCUT2D eigenvalue weighted by molar-refractivity contribution is 5.95. The molecule has 7 rings (SSSR count). The quantitative estimate of drug-likeness (QED) is 0.745. The van der Waals surface area contributed by atoms with E-state index in [1.54, 1.807) is 6.20 Å². The van der Waals surface area contributed by atoms with E-state index in [4.69, 9.17) is 9.47 Å². The normalized spacial score (nSPS) is 42.6. The van der Waals surface area contributed by atoms with E-state index in [0.717, 1.165) is 44.9 Å². The Morgan fingerprint density at radius 3 is 2.55 bits per heavy atom. The number of carbonyl (C=O) groups excluding carboxylic acids is 1. The van der Waals surface area contributed by atoms with Gasteiger partial charge in [0.25, 0.3) is 5.91 Å². The van der Waals surface area contributed by atoms with Crippen LogP contribution < -0.4 is 0 Å². The van der Waals surface area contributed by atoms with Crippen LogP contribution in [0.4, 0.5) is 0 Å². The van der Waals surface area contributed by atoms with Gasteiger partial charge in [0.2, 0.25) is 0 Å². The number of hydrazine groups is 1. The number of ether oxygens (including phenoxy) is 2. The van der Waals surface area contributed by atoms with Crippen molar-refractivity contribution in [3.8, 4) is 0 Å². The molecule has 0 aromatic carbocycles. The second kappa shape index (κ2) is 8.26. The van der Waals surface area contributed by atoms with Crippen molar-refractivity contribution < 1.29 is 19.4 Å². The Bertz CT molecular complexity index is 880. The molecule has 1 aromatic heterocycles. The number of morpholine rings is 1. The molecule has 6 fully saturated rings. The lowest BCUT2D eigenvalue weighted by Gasteiger charge is -2.61. The summed E-state index contributed by atoms with van der Waals surface area (Å²) in [6.45, 7) is 6.23. The Morgan fingerprint density at radius 1 is 1.18 bits per heavy atom. The number of aliphatic hydroxyl groups is 1. The summed E-state index contributed by atoms with van der Waals surface area (Å²) in [7, 11) is 0. The van der Waals surface area contributed by atoms with Crippen molar-refractivity contribution in [3.05, 3.63) is 23.8 Å². The predicted molar refractivity (Wildman–Crippen MR) is 120 cm³/mol. The van der Waals surface area contributed by atoms with E-state index in [1.807, 2.05) is 0 Å². The molecule has 2 unspecified atom stereocenters. The number of carbonyl (C=O) groups is 1. The zero-order valence-corrected chi connectivity index (χ0v) is 19.7. The Morgan fingerprint density at radius 2 is 1.91 bits per heavy atom. The molecule has 8 heteroatoms. The van der Waals surface area contributed by atoms with Crippen molar-refractivity contribution in [1.82, 2.24) is 20.0 Å². The minimum absolute atomic E-state index is 0.0214. The maximum atomic E-state index is 14.4. The van der Waals surface area contributed by atoms with Crippen LogP contribution in [0.5, 0.6) is 0 Å². The first kappa shape index (κ1) is 21.9. The summed E-state index contributed by atoms with van der Waals surface area (Å²) in [6, 6.07) is 0.101. The summed E-state index contributed by atoms with van der Waals surface area (Å²) in [5, 5.41) is 15.5. The van der Waals surface area contributed by atoms with Gasteiger partial charge < -0.3 is 14.6 Å². The Balaban J connectivity index is 1.38. The first-order valence-electron chi connectivity index (χ1n) is 12.8. The standard InChI is InChI=1S/C25H36N4O4/c1-15-12-28(13-16(2)33-15)29(23-18-6-17-7-19(23)10-25(31,8-17)9-18)24(30)20-11-26-14-27-22(20)21-4-3-5-32-21/h11,14-19,21,23,31H,3-10,12-13H2,1-2H3/t15-,16+,17?,18?,19?,21-,23?,25?/m1/s1. The van der Waals surface area contributed by atoms with E-state index >= 15 is 0 Å². The number of aromatic nitrogens is 2. The average molecular weight is 457 g/mol. The van der Waals surface area contributed by atoms with Gasteiger partial charge in [-0.15, -0.1) is 0 Å². The maximum absolute atomic E-state index is 14.4. The first-order chi connectivity index (χ1) is 15.9. The monoisotopic (exact) mass is 456 g/mol. The molecule has 4 saturated carbocycles. The van der Waals surface area contributed by atoms with E-state index in [9.17, 15) is 9.90 Å². The Kier molecular flexibility index (Phi) is 5.48. The zero-order valence-electron chi connectivity index (χ0n) is 19.7. The van der Waals surface area contributed by atoms with Gasteiger partial charge in [0.1, 0.15) is 12.4 Å². The summed E-state index contributed by atoms with van der Waals surface area (Å²) in [6.07, 6.45) is 9.76. The number of nitrogens with zero attached hydrogens (tertiary/aromatic N) is 4. The van der Waals surface area contributed by atoms with E-state index in [-0.39, 0.29) is 30.3 Å². The van der Waals surface area contributed by atoms with Gasteiger partial charge in [-0.05, 0) is 76.5 Å². The second-order valence-electron chi connectivity index (χ2n) is 11.3. The van der Waals surface area contributed by atoms with Gasteiger partial charge in [0.05, 0.1) is 35.1 Å². The van der Waals surface area contributed by atoms with Crippen molar-refractivity contribution in [2.75, 3.05) is 19.7 Å². The Hall–Kier alpha value is -1.61. The zero-order chi connectivity index (χ0) is 22.7. The molecular formula is C25H36N4O4. The largest absolute Gasteiger partial charge is 0.390 e. The molecule has 0 radical (unpaired) electrons. The number of rotatable bonds is 4. The van der Waals surface area contributed by atoms with Crippen molar-refractivity contribution >= 4 is 5.91 Å². The van der Waals surface area contributed by atoms with E-state index in [2.05, 4.69) is 33.8 Å². The van der Waals surface area contributed by atoms with Crippen LogP contribution in [0.25, 0.3) is 0 Å². The molecule has 33 heavy (non-hydrogen) atoms. The van der Waals surface area contributed by atoms with Gasteiger partial charge in [-0.2, -0.15) is 0 Å². The van der Waals surface area contributed by atoms with Gasteiger partial charge in [-0.25, -0.2) is 15.0 Å². The van der Waals surface area contributed by atoms with Crippen LogP contribution in [0.2, 0.25) is 0 Å². The highest BCUT2D eigenvalue weighted by Gasteiger charge is 2.58. The smallest absolute Gasteiger partial charge is 0.271 e. The van der Waals surface area contributed by atoms with Gasteiger partial charge in [0.15, 0.2) is 0 Å². The van der Waals surface area contributed by atoms with Crippen molar-refractivity contribution in [1.29, 1.82) is 0 Å². The van der Waals surface area contributed by atoms with Crippen molar-refractivity contribution in [2.24, 2.45) is 17.8 Å². The number of hydrogen-bond acceptors (Lipinski definition) is 7. The fourth-order valence-electron chi connectivity index (χ4n) is 7.81. The van der Waals surface area contributed by atoms with Crippen LogP contribution in [-0.2, 0) is 9.47 Å². The summed E-state index contributed by atoms with van der Waals surface area (Å²) in [5.74, 6) is 1.22. The van der Waals surface area contributed by atoms with Crippen LogP contribution in [0, 0.1) is 17.8 Å². The lowest BCUT2D eigenvalue weighted by Crippen LogP contribution is -2.67. The summed E-state index contributed by atoms with van der Waals surface area (Å²) in [4.78, 5) is 23.1. The van der Waals surface area contributed by atoms with Crippen molar-refractivity contribution in [2.45, 2.75) is 88.7 Å². The third kappa shape index (κ3) is 3.89. The van der Waals surface area contributed by atoms with Gasteiger partial charge >= 0.3 is 0 Å². The number of amides is 1. The molecule has 4 bridgehead atoms. The lowest BCUT2D eigenvalue weighted by atomic mass is 9.52. The van der Waals surface area contributed by atoms with Gasteiger partial charge in [0, 0.05) is 25.9 Å². The molecule has 0 spiro atoms. The Labute approximate surface area is 195 Å². The third-order valence-corrected chi connectivity index (χ3v) is 8.59. The molecule has 1 N–H and O–H groups in total.